The number of carboxylic acids is 1. The Morgan fingerprint density at radius 3 is 1.68 bits per heavy atom. The summed E-state index contributed by atoms with van der Waals surface area (Å²) in [5.41, 5.74) is 6.51. The lowest BCUT2D eigenvalue weighted by Crippen LogP contribution is -2.70. The molecule has 25 nitrogen and oxygen atoms in total. The zero-order valence-corrected chi connectivity index (χ0v) is 52.8. The average molecular weight is 1240 g/mol. The number of aliphatic hydroxyl groups excluding tert-OH is 5. The lowest BCUT2D eigenvalue weighted by atomic mass is 9.79. The predicted octanol–water partition coefficient (Wildman–Crippen LogP) is 4.51. The second-order valence-corrected chi connectivity index (χ2v) is 23.8. The molecule has 0 radical (unpaired) electrons. The second-order valence-electron chi connectivity index (χ2n) is 23.1. The summed E-state index contributed by atoms with van der Waals surface area (Å²) in [6, 6.07) is -5.95. The number of rotatable bonds is 53. The number of ketones is 2. The van der Waals surface area contributed by atoms with Crippen LogP contribution >= 0.6 is 8.25 Å². The van der Waals surface area contributed by atoms with E-state index in [1.54, 1.807) is 0 Å². The number of ether oxygens (including phenoxy) is 3. The third-order valence-corrected chi connectivity index (χ3v) is 16.0. The number of unbranched alkanes of at least 4 members (excludes halogenated alkanes) is 23. The standard InChI is InChI=1S/C59H109N6O19P/c1-7-9-11-13-15-17-19-21-23-25-27-29-31-33-47(69)59(48(70)40-67,53(73)44(62-36-37-81-85(79)80)32-30-28-26-24-22-20-18-16-14-12-10-8-2)84-58(6,61)57(78)64-45(54(60)74)34-35-49(71)65(42(4)55(75)76)38-41(3)82-52-50(63-43(5)68)56(77)83-46(39-66)51(52)72/h41-42,44-46,48,50-52,56,62,66-67,70,72,77H,7-40,61H2,1-6H3,(H5-,60,63,64,68,74,75,76,78,79,80)/p+1/t41?,42-,44?,45+,46+,48-,50+,51+,52+,56-,58+,59?/m0/s1. The molecule has 0 aliphatic carbocycles. The first-order chi connectivity index (χ1) is 40.4. The van der Waals surface area contributed by atoms with Gasteiger partial charge in [0.25, 0.3) is 5.91 Å². The molecule has 1 saturated heterocycles. The summed E-state index contributed by atoms with van der Waals surface area (Å²) in [5, 5.41) is 71.4. The second kappa shape index (κ2) is 44.7. The number of carbonyl (C=O) groups is 7. The zero-order chi connectivity index (χ0) is 64.0. The van der Waals surface area contributed by atoms with Gasteiger partial charge in [0.2, 0.25) is 23.3 Å². The van der Waals surface area contributed by atoms with Crippen LogP contribution in [0.4, 0.5) is 0 Å². The summed E-state index contributed by atoms with van der Waals surface area (Å²) in [6.07, 6.45) is 14.1. The van der Waals surface area contributed by atoms with Crippen molar-refractivity contribution in [3.63, 3.8) is 0 Å². The van der Waals surface area contributed by atoms with Gasteiger partial charge in [-0.25, -0.2) is 4.79 Å². The Morgan fingerprint density at radius 1 is 0.741 bits per heavy atom. The number of nitrogens with one attached hydrogen (secondary N) is 3. The lowest BCUT2D eigenvalue weighted by Gasteiger charge is -2.43. The van der Waals surface area contributed by atoms with Gasteiger partial charge in [-0.3, -0.25) is 34.5 Å². The van der Waals surface area contributed by atoms with E-state index in [0.717, 1.165) is 83.0 Å². The SMILES string of the molecule is CCCCCCCCCCCCCCCC(=O)C(O[C@@](C)(N)C(=O)N[C@H](CCC(=O)N(CC(C)O[C@H]1[C@H](O)[C@@H](CO)O[C@H](O)[C@@H]1NC(C)=O)[C@@H](C)C(=O)O)C(N)=O)(C(=O)C(CCCCCCCCCCCCCC)NCCO[P+](=O)O)[C@@H](O)CO. The minimum Gasteiger partial charge on any atom is -0.480 e. The smallest absolute Gasteiger partial charge is 0.480 e. The van der Waals surface area contributed by atoms with Crippen LogP contribution in [0.5, 0.6) is 0 Å². The maximum atomic E-state index is 15.2. The molecule has 0 aromatic rings. The Bertz CT molecular complexity index is 1960. The van der Waals surface area contributed by atoms with Gasteiger partial charge in [0.15, 0.2) is 23.6 Å². The third kappa shape index (κ3) is 30.4. The minimum absolute atomic E-state index is 0.0624. The van der Waals surface area contributed by atoms with Gasteiger partial charge >= 0.3 is 14.2 Å². The van der Waals surface area contributed by atoms with Crippen LogP contribution in [0.1, 0.15) is 228 Å². The van der Waals surface area contributed by atoms with E-state index < -0.39 is 154 Å². The van der Waals surface area contributed by atoms with Crippen molar-refractivity contribution in [2.45, 2.75) is 300 Å². The van der Waals surface area contributed by atoms with E-state index in [1.807, 2.05) is 0 Å². The summed E-state index contributed by atoms with van der Waals surface area (Å²) in [7, 11) is -3.01. The first kappa shape index (κ1) is 79.3. The van der Waals surface area contributed by atoms with Gasteiger partial charge in [0, 0.05) is 37.4 Å². The molecule has 1 fully saturated rings. The molecule has 1 rings (SSSR count). The molecule has 0 bridgehead atoms. The van der Waals surface area contributed by atoms with Crippen molar-refractivity contribution in [2.75, 3.05) is 32.9 Å². The normalized spacial score (nSPS) is 20.4. The Kier molecular flexibility index (Phi) is 41.7. The molecular weight excluding hydrogens is 1130 g/mol. The van der Waals surface area contributed by atoms with Crippen molar-refractivity contribution in [2.24, 2.45) is 11.5 Å². The molecule has 1 aliphatic rings. The molecular formula is C59H110N6O19P+. The molecule has 0 saturated carbocycles. The van der Waals surface area contributed by atoms with Gasteiger partial charge in [0.05, 0.1) is 25.4 Å². The molecule has 1 aliphatic heterocycles. The quantitative estimate of drug-likeness (QED) is 0.0172. The highest BCUT2D eigenvalue weighted by Crippen LogP contribution is 2.31. The van der Waals surface area contributed by atoms with Crippen LogP contribution in [0, 0.1) is 0 Å². The van der Waals surface area contributed by atoms with E-state index >= 15 is 4.79 Å². The molecule has 13 atom stereocenters. The molecule has 494 valence electrons. The van der Waals surface area contributed by atoms with E-state index in [-0.39, 0.29) is 32.4 Å². The number of aliphatic hydroxyl groups is 5. The van der Waals surface area contributed by atoms with Gasteiger partial charge in [-0.05, 0) is 40.0 Å². The number of hydrogen-bond acceptors (Lipinski definition) is 19. The van der Waals surface area contributed by atoms with Crippen molar-refractivity contribution in [1.82, 2.24) is 20.9 Å². The van der Waals surface area contributed by atoms with E-state index in [2.05, 4.69) is 29.8 Å². The Balaban J connectivity index is 3.52. The third-order valence-electron chi connectivity index (χ3n) is 15.6. The van der Waals surface area contributed by atoms with Crippen molar-refractivity contribution >= 4 is 49.4 Å². The molecule has 26 heteroatoms. The van der Waals surface area contributed by atoms with Gasteiger partial charge in [0.1, 0.15) is 49.1 Å². The van der Waals surface area contributed by atoms with Crippen molar-refractivity contribution < 1.29 is 92.4 Å². The number of primary amides is 1. The van der Waals surface area contributed by atoms with Gasteiger partial charge < -0.3 is 71.4 Å². The van der Waals surface area contributed by atoms with E-state index in [0.29, 0.717) is 19.3 Å². The lowest BCUT2D eigenvalue weighted by molar-refractivity contribution is -0.268. The van der Waals surface area contributed by atoms with Gasteiger partial charge in [-0.15, -0.1) is 9.42 Å². The topological polar surface area (TPSA) is 406 Å². The largest absolute Gasteiger partial charge is 0.694 e. The molecule has 4 amide bonds. The fourth-order valence-electron chi connectivity index (χ4n) is 10.6. The van der Waals surface area contributed by atoms with Crippen LogP contribution in [-0.4, -0.2) is 187 Å². The molecule has 14 N–H and O–H groups in total. The summed E-state index contributed by atoms with van der Waals surface area (Å²) in [5.74, 6) is -7.61. The maximum Gasteiger partial charge on any atom is 0.694 e. The van der Waals surface area contributed by atoms with E-state index in [1.165, 1.54) is 84.5 Å². The Labute approximate surface area is 505 Å². The molecule has 4 unspecified atom stereocenters. The van der Waals surface area contributed by atoms with Crippen molar-refractivity contribution in [1.29, 1.82) is 0 Å². The number of nitrogens with zero attached hydrogens (tertiary/aromatic N) is 1. The summed E-state index contributed by atoms with van der Waals surface area (Å²) < 4.78 is 33.6. The van der Waals surface area contributed by atoms with E-state index in [4.69, 9.17) is 30.2 Å². The Morgan fingerprint density at radius 2 is 1.24 bits per heavy atom. The highest BCUT2D eigenvalue weighted by molar-refractivity contribution is 7.32. The fraction of sp³-hybridized carbons (Fsp3) is 0.881. The van der Waals surface area contributed by atoms with Gasteiger partial charge in [-0.2, -0.15) is 0 Å². The number of aliphatic carboxylic acids is 1. The molecule has 0 aromatic heterocycles. The number of nitrogens with two attached hydrogens (primary N) is 2. The first-order valence-electron chi connectivity index (χ1n) is 31.4. The first-order valence-corrected chi connectivity index (χ1v) is 32.5. The number of carboxylic acid groups (broad SMARTS) is 1. The highest BCUT2D eigenvalue weighted by Gasteiger charge is 2.58. The number of Topliss-reactive ketones (excluding diaryl/α,β-unsaturated/α-hetero) is 2. The molecule has 85 heavy (non-hydrogen) atoms. The maximum absolute atomic E-state index is 15.2. The fourth-order valence-corrected chi connectivity index (χ4v) is 10.9. The predicted molar refractivity (Wildman–Crippen MR) is 318 cm³/mol. The summed E-state index contributed by atoms with van der Waals surface area (Å²) >= 11 is 0. The van der Waals surface area contributed by atoms with Crippen molar-refractivity contribution in [3.8, 4) is 0 Å². The van der Waals surface area contributed by atoms with E-state index in [9.17, 15) is 68.9 Å². The monoisotopic (exact) mass is 1240 g/mol. The Hall–Kier alpha value is -3.69. The van der Waals surface area contributed by atoms with Crippen LogP contribution in [0.15, 0.2) is 0 Å². The highest BCUT2D eigenvalue weighted by atomic mass is 31.1. The van der Waals surface area contributed by atoms with Crippen LogP contribution in [0.2, 0.25) is 0 Å². The zero-order valence-electron chi connectivity index (χ0n) is 51.9. The van der Waals surface area contributed by atoms with Crippen LogP contribution in [0.25, 0.3) is 0 Å². The number of carbonyl (C=O) groups excluding carboxylic acids is 6. The molecule has 0 spiro atoms. The average Bonchev–Trinajstić information content (AvgIpc) is 3.51. The molecule has 0 aromatic carbocycles. The number of hydrogen-bond donors (Lipinski definition) is 12. The van der Waals surface area contributed by atoms with Crippen LogP contribution < -0.4 is 27.4 Å². The van der Waals surface area contributed by atoms with Crippen LogP contribution in [-0.2, 0) is 56.9 Å². The summed E-state index contributed by atoms with van der Waals surface area (Å²) in [6.45, 7) is 6.08. The number of amides is 4. The minimum atomic E-state index is -3.02. The summed E-state index contributed by atoms with van der Waals surface area (Å²) in [4.78, 5) is 106. The van der Waals surface area contributed by atoms with Crippen molar-refractivity contribution in [3.05, 3.63) is 0 Å². The van der Waals surface area contributed by atoms with Gasteiger partial charge in [-0.1, -0.05) is 168 Å². The van der Waals surface area contributed by atoms with Crippen LogP contribution in [0.3, 0.4) is 0 Å². The molecule has 1 heterocycles.